The van der Waals surface area contributed by atoms with Crippen LogP contribution in [0.4, 0.5) is 0 Å². The van der Waals surface area contributed by atoms with Crippen LogP contribution >= 0.6 is 0 Å². The van der Waals surface area contributed by atoms with Gasteiger partial charge in [-0.15, -0.1) is 0 Å². The van der Waals surface area contributed by atoms with Gasteiger partial charge in [-0.1, -0.05) is 30.3 Å². The smallest absolute Gasteiger partial charge is 0.225 e. The van der Waals surface area contributed by atoms with E-state index in [1.165, 1.54) is 6.92 Å². The molecule has 0 spiro atoms. The lowest BCUT2D eigenvalue weighted by atomic mass is 9.96. The minimum Gasteiger partial charge on any atom is -0.388 e. The monoisotopic (exact) mass is 318 g/mol. The maximum absolute atomic E-state index is 12.7. The number of carbonyl (C=O) groups excluding carboxylic acids is 2. The zero-order chi connectivity index (χ0) is 17.0. The lowest BCUT2D eigenvalue weighted by Gasteiger charge is -2.34. The van der Waals surface area contributed by atoms with Crippen LogP contribution < -0.4 is 5.32 Å². The Morgan fingerprint density at radius 3 is 2.57 bits per heavy atom. The molecule has 1 fully saturated rings. The fourth-order valence-electron chi connectivity index (χ4n) is 3.27. The molecule has 23 heavy (non-hydrogen) atoms. The maximum atomic E-state index is 12.7. The molecule has 2 unspecified atom stereocenters. The number of likely N-dealkylation sites (tertiary alicyclic amines) is 1. The van der Waals surface area contributed by atoms with E-state index in [2.05, 4.69) is 5.32 Å². The molecule has 0 aromatic heterocycles. The van der Waals surface area contributed by atoms with Gasteiger partial charge in [-0.25, -0.2) is 0 Å². The Hall–Kier alpha value is -1.88. The molecule has 2 amide bonds. The molecule has 2 rings (SSSR count). The highest BCUT2D eigenvalue weighted by atomic mass is 16.3. The Kier molecular flexibility index (Phi) is 5.42. The van der Waals surface area contributed by atoms with Crippen LogP contribution in [-0.4, -0.2) is 40.0 Å². The number of aliphatic hydroxyl groups is 1. The summed E-state index contributed by atoms with van der Waals surface area (Å²) < 4.78 is 0. The predicted octanol–water partition coefficient (Wildman–Crippen LogP) is 2.02. The zero-order valence-corrected chi connectivity index (χ0v) is 14.1. The van der Waals surface area contributed by atoms with Crippen molar-refractivity contribution in [3.05, 3.63) is 35.9 Å². The van der Waals surface area contributed by atoms with Crippen molar-refractivity contribution < 1.29 is 14.7 Å². The van der Waals surface area contributed by atoms with Crippen molar-refractivity contribution in [1.29, 1.82) is 0 Å². The number of rotatable bonds is 5. The van der Waals surface area contributed by atoms with Gasteiger partial charge in [-0.3, -0.25) is 9.59 Å². The van der Waals surface area contributed by atoms with Gasteiger partial charge in [0.25, 0.3) is 0 Å². The van der Waals surface area contributed by atoms with Crippen molar-refractivity contribution in [2.24, 2.45) is 0 Å². The molecule has 5 nitrogen and oxygen atoms in total. The maximum Gasteiger partial charge on any atom is 0.225 e. The lowest BCUT2D eigenvalue weighted by molar-refractivity contribution is -0.137. The molecule has 1 aliphatic heterocycles. The van der Waals surface area contributed by atoms with Gasteiger partial charge in [0.15, 0.2) is 0 Å². The fourth-order valence-corrected chi connectivity index (χ4v) is 3.27. The van der Waals surface area contributed by atoms with E-state index < -0.39 is 5.60 Å². The fraction of sp³-hybridized carbons (Fsp3) is 0.556. The van der Waals surface area contributed by atoms with Gasteiger partial charge in [0, 0.05) is 13.5 Å². The van der Waals surface area contributed by atoms with Gasteiger partial charge in [-0.05, 0) is 32.3 Å². The molecule has 0 radical (unpaired) electrons. The molecular weight excluding hydrogens is 292 g/mol. The van der Waals surface area contributed by atoms with Crippen molar-refractivity contribution >= 4 is 11.8 Å². The molecule has 1 heterocycles. The Balaban J connectivity index is 2.13. The number of nitrogens with one attached hydrogen (secondary N) is 1. The van der Waals surface area contributed by atoms with Gasteiger partial charge < -0.3 is 15.3 Å². The van der Waals surface area contributed by atoms with Crippen molar-refractivity contribution in [3.63, 3.8) is 0 Å². The van der Waals surface area contributed by atoms with Gasteiger partial charge in [0.1, 0.15) is 0 Å². The van der Waals surface area contributed by atoms with Crippen LogP contribution in [-0.2, 0) is 9.59 Å². The van der Waals surface area contributed by atoms with Crippen LogP contribution in [0.15, 0.2) is 30.3 Å². The molecule has 1 aromatic carbocycles. The van der Waals surface area contributed by atoms with E-state index in [4.69, 9.17) is 0 Å². The standard InChI is InChI=1S/C18H26N2O3/c1-13(21)19-15(14-8-5-4-6-9-14)12-17(22)20-11-7-10-16(20)18(2,3)23/h4-6,8-9,15-16,23H,7,10-12H2,1-3H3,(H,19,21). The second-order valence-corrected chi connectivity index (χ2v) is 6.77. The van der Waals surface area contributed by atoms with Gasteiger partial charge in [-0.2, -0.15) is 0 Å². The molecule has 1 saturated heterocycles. The summed E-state index contributed by atoms with van der Waals surface area (Å²) in [6, 6.07) is 9.00. The first-order valence-corrected chi connectivity index (χ1v) is 8.13. The van der Waals surface area contributed by atoms with Crippen molar-refractivity contribution in [3.8, 4) is 0 Å². The molecule has 0 saturated carbocycles. The molecule has 126 valence electrons. The normalized spacial score (nSPS) is 19.5. The highest BCUT2D eigenvalue weighted by Gasteiger charge is 2.38. The van der Waals surface area contributed by atoms with Crippen LogP contribution in [0, 0.1) is 0 Å². The third kappa shape index (κ3) is 4.55. The Bertz CT molecular complexity index is 551. The first-order valence-electron chi connectivity index (χ1n) is 8.13. The summed E-state index contributed by atoms with van der Waals surface area (Å²) in [6.45, 7) is 5.60. The highest BCUT2D eigenvalue weighted by molar-refractivity contribution is 5.79. The quantitative estimate of drug-likeness (QED) is 0.872. The highest BCUT2D eigenvalue weighted by Crippen LogP contribution is 2.29. The van der Waals surface area contributed by atoms with Crippen LogP contribution in [0.2, 0.25) is 0 Å². The second-order valence-electron chi connectivity index (χ2n) is 6.77. The second kappa shape index (κ2) is 7.13. The van der Waals surface area contributed by atoms with Gasteiger partial charge >= 0.3 is 0 Å². The Labute approximate surface area is 137 Å². The SMILES string of the molecule is CC(=O)NC(CC(=O)N1CCCC1C(C)(C)O)c1ccccc1. The minimum absolute atomic E-state index is 0.0303. The molecule has 2 atom stereocenters. The van der Waals surface area contributed by atoms with E-state index in [1.54, 1.807) is 18.7 Å². The third-order valence-electron chi connectivity index (χ3n) is 4.35. The van der Waals surface area contributed by atoms with Crippen LogP contribution in [0.25, 0.3) is 0 Å². The van der Waals surface area contributed by atoms with Gasteiger partial charge in [0.05, 0.1) is 24.1 Å². The summed E-state index contributed by atoms with van der Waals surface area (Å²) in [4.78, 5) is 26.0. The molecule has 2 N–H and O–H groups in total. The minimum atomic E-state index is -0.914. The summed E-state index contributed by atoms with van der Waals surface area (Å²) in [6.07, 6.45) is 1.91. The molecule has 5 heteroatoms. The lowest BCUT2D eigenvalue weighted by Crippen LogP contribution is -2.49. The van der Waals surface area contributed by atoms with E-state index in [0.717, 1.165) is 18.4 Å². The zero-order valence-electron chi connectivity index (χ0n) is 14.1. The Morgan fingerprint density at radius 2 is 2.00 bits per heavy atom. The molecule has 0 bridgehead atoms. The molecular formula is C18H26N2O3. The number of hydrogen-bond donors (Lipinski definition) is 2. The number of carbonyl (C=O) groups is 2. The van der Waals surface area contributed by atoms with Crippen LogP contribution in [0.1, 0.15) is 51.6 Å². The van der Waals surface area contributed by atoms with Gasteiger partial charge in [0.2, 0.25) is 11.8 Å². The van der Waals surface area contributed by atoms with Crippen LogP contribution in [0.3, 0.4) is 0 Å². The first-order chi connectivity index (χ1) is 10.8. The molecule has 0 aliphatic carbocycles. The van der Waals surface area contributed by atoms with E-state index in [0.29, 0.717) is 6.54 Å². The van der Waals surface area contributed by atoms with Crippen molar-refractivity contribution in [2.45, 2.75) is 57.7 Å². The summed E-state index contributed by atoms with van der Waals surface area (Å²) >= 11 is 0. The van der Waals surface area contributed by atoms with E-state index >= 15 is 0 Å². The number of amides is 2. The van der Waals surface area contributed by atoms with E-state index in [9.17, 15) is 14.7 Å². The number of benzene rings is 1. The summed E-state index contributed by atoms with van der Waals surface area (Å²) in [5, 5.41) is 13.1. The summed E-state index contributed by atoms with van der Waals surface area (Å²) in [5.74, 6) is -0.190. The third-order valence-corrected chi connectivity index (χ3v) is 4.35. The topological polar surface area (TPSA) is 69.6 Å². The largest absolute Gasteiger partial charge is 0.388 e. The average Bonchev–Trinajstić information content (AvgIpc) is 2.96. The summed E-state index contributed by atoms with van der Waals surface area (Å²) in [7, 11) is 0. The summed E-state index contributed by atoms with van der Waals surface area (Å²) in [5.41, 5.74) is -0.00219. The van der Waals surface area contributed by atoms with Crippen LogP contribution in [0.5, 0.6) is 0 Å². The van der Waals surface area contributed by atoms with Crippen molar-refractivity contribution in [1.82, 2.24) is 10.2 Å². The molecule has 1 aliphatic rings. The molecule has 1 aromatic rings. The predicted molar refractivity (Wildman–Crippen MR) is 88.6 cm³/mol. The van der Waals surface area contributed by atoms with E-state index in [1.807, 2.05) is 30.3 Å². The number of hydrogen-bond acceptors (Lipinski definition) is 3. The first kappa shape index (κ1) is 17.5. The average molecular weight is 318 g/mol. The van der Waals surface area contributed by atoms with Crippen molar-refractivity contribution in [2.75, 3.05) is 6.54 Å². The Morgan fingerprint density at radius 1 is 1.35 bits per heavy atom. The van der Waals surface area contributed by atoms with E-state index in [-0.39, 0.29) is 30.3 Å². The number of nitrogens with zero attached hydrogens (tertiary/aromatic N) is 1.